The molecule has 0 bridgehead atoms. The summed E-state index contributed by atoms with van der Waals surface area (Å²) in [5.74, 6) is 2.98. The molecule has 1 fully saturated rings. The van der Waals surface area contributed by atoms with Gasteiger partial charge < -0.3 is 20.1 Å². The number of fused-ring (bicyclic) bond motifs is 1. The van der Waals surface area contributed by atoms with Crippen LogP contribution in [0.1, 0.15) is 39.2 Å². The average Bonchev–Trinajstić information content (AvgIpc) is 3.61. The van der Waals surface area contributed by atoms with Crippen LogP contribution in [0.5, 0.6) is 11.5 Å². The summed E-state index contributed by atoms with van der Waals surface area (Å²) < 4.78 is 13.8. The zero-order chi connectivity index (χ0) is 26.9. The van der Waals surface area contributed by atoms with Gasteiger partial charge in [-0.1, -0.05) is 18.2 Å². The predicted octanol–water partition coefficient (Wildman–Crippen LogP) is 5.16. The lowest BCUT2D eigenvalue weighted by Crippen LogP contribution is -2.43. The maximum absolute atomic E-state index is 12.2. The molecule has 5 rings (SSSR count). The maximum atomic E-state index is 12.2. The minimum absolute atomic E-state index is 0.0753. The standard InChI is InChI=1S/C29H34N6O3/c1-18-9-12-23-25(26(18)38-16-19-10-11-19)28(31-21-14-30-35(5)15-21)33-27(32-23)20-7-6-8-22(13-20)37-17-24(36)34-29(2,3)4/h6-9,12-15,19H,10-11,16-17H2,1-5H3,(H,34,36)(H,31,32,33). The molecule has 0 aliphatic heterocycles. The van der Waals surface area contributed by atoms with Crippen molar-refractivity contribution in [3.8, 4) is 22.9 Å². The van der Waals surface area contributed by atoms with E-state index >= 15 is 0 Å². The number of benzene rings is 2. The first-order valence-corrected chi connectivity index (χ1v) is 12.9. The molecule has 0 unspecified atom stereocenters. The molecule has 38 heavy (non-hydrogen) atoms. The lowest BCUT2D eigenvalue weighted by Gasteiger charge is -2.20. The minimum atomic E-state index is -0.321. The molecule has 0 atom stereocenters. The van der Waals surface area contributed by atoms with Crippen LogP contribution < -0.4 is 20.1 Å². The molecule has 2 N–H and O–H groups in total. The van der Waals surface area contributed by atoms with Crippen molar-refractivity contribution in [3.63, 3.8) is 0 Å². The molecule has 1 amide bonds. The van der Waals surface area contributed by atoms with Gasteiger partial charge in [0.1, 0.15) is 17.3 Å². The molecular weight excluding hydrogens is 480 g/mol. The van der Waals surface area contributed by atoms with Crippen molar-refractivity contribution in [1.82, 2.24) is 25.1 Å². The Balaban J connectivity index is 1.50. The largest absolute Gasteiger partial charge is 0.492 e. The highest BCUT2D eigenvalue weighted by molar-refractivity contribution is 5.98. The number of carbonyl (C=O) groups excluding carboxylic acids is 1. The van der Waals surface area contributed by atoms with Gasteiger partial charge in [0.25, 0.3) is 5.91 Å². The number of hydrogen-bond acceptors (Lipinski definition) is 7. The number of nitrogens with zero attached hydrogens (tertiary/aromatic N) is 4. The minimum Gasteiger partial charge on any atom is -0.492 e. The Hall–Kier alpha value is -4.14. The van der Waals surface area contributed by atoms with Crippen LogP contribution in [0, 0.1) is 12.8 Å². The maximum Gasteiger partial charge on any atom is 0.258 e. The average molecular weight is 515 g/mol. The fourth-order valence-electron chi connectivity index (χ4n) is 4.14. The van der Waals surface area contributed by atoms with E-state index in [1.807, 2.05) is 77.3 Å². The van der Waals surface area contributed by atoms with Crippen molar-refractivity contribution in [2.24, 2.45) is 13.0 Å². The third-order valence-corrected chi connectivity index (χ3v) is 6.12. The Morgan fingerprint density at radius 2 is 1.95 bits per heavy atom. The SMILES string of the molecule is Cc1ccc2nc(-c3cccc(OCC(=O)NC(C)(C)C)c3)nc(Nc3cnn(C)c3)c2c1OCC1CC1. The Morgan fingerprint density at radius 1 is 1.13 bits per heavy atom. The number of ether oxygens (including phenoxy) is 2. The molecule has 9 heteroatoms. The molecule has 2 aromatic carbocycles. The monoisotopic (exact) mass is 514 g/mol. The fourth-order valence-corrected chi connectivity index (χ4v) is 4.14. The summed E-state index contributed by atoms with van der Waals surface area (Å²) in [6.07, 6.45) is 6.07. The summed E-state index contributed by atoms with van der Waals surface area (Å²) in [7, 11) is 1.87. The van der Waals surface area contributed by atoms with Crippen LogP contribution in [-0.4, -0.2) is 44.4 Å². The van der Waals surface area contributed by atoms with Crippen molar-refractivity contribution in [2.75, 3.05) is 18.5 Å². The molecule has 1 aliphatic carbocycles. The van der Waals surface area contributed by atoms with Crippen LogP contribution in [0.25, 0.3) is 22.3 Å². The summed E-state index contributed by atoms with van der Waals surface area (Å²) in [6, 6.07) is 11.5. The van der Waals surface area contributed by atoms with Crippen LogP contribution in [0.15, 0.2) is 48.8 Å². The first-order chi connectivity index (χ1) is 18.1. The zero-order valence-corrected chi connectivity index (χ0v) is 22.5. The van der Waals surface area contributed by atoms with Gasteiger partial charge in [-0.15, -0.1) is 0 Å². The van der Waals surface area contributed by atoms with E-state index in [2.05, 4.69) is 15.7 Å². The molecule has 9 nitrogen and oxygen atoms in total. The van der Waals surface area contributed by atoms with E-state index in [1.165, 1.54) is 12.8 Å². The number of amides is 1. The second kappa shape index (κ2) is 10.3. The smallest absolute Gasteiger partial charge is 0.258 e. The van der Waals surface area contributed by atoms with Crippen molar-refractivity contribution >= 4 is 28.3 Å². The fraction of sp³-hybridized carbons (Fsp3) is 0.379. The topological polar surface area (TPSA) is 103 Å². The first kappa shape index (κ1) is 25.5. The van der Waals surface area contributed by atoms with Gasteiger partial charge in [0.2, 0.25) is 0 Å². The predicted molar refractivity (Wildman–Crippen MR) is 148 cm³/mol. The van der Waals surface area contributed by atoms with Gasteiger partial charge in [-0.3, -0.25) is 9.48 Å². The third kappa shape index (κ3) is 6.22. The Morgan fingerprint density at radius 3 is 2.66 bits per heavy atom. The summed E-state index contributed by atoms with van der Waals surface area (Å²) in [4.78, 5) is 22.1. The lowest BCUT2D eigenvalue weighted by molar-refractivity contribution is -0.124. The number of anilines is 2. The van der Waals surface area contributed by atoms with Gasteiger partial charge in [-0.05, 0) is 70.2 Å². The molecule has 2 aromatic heterocycles. The Kier molecular flexibility index (Phi) is 6.93. The summed E-state index contributed by atoms with van der Waals surface area (Å²) in [5.41, 5.74) is 3.07. The van der Waals surface area contributed by atoms with E-state index in [0.717, 1.165) is 33.5 Å². The lowest BCUT2D eigenvalue weighted by atomic mass is 10.1. The number of nitrogens with one attached hydrogen (secondary N) is 2. The molecule has 198 valence electrons. The molecule has 2 heterocycles. The van der Waals surface area contributed by atoms with E-state index in [9.17, 15) is 4.79 Å². The van der Waals surface area contributed by atoms with Crippen LogP contribution in [-0.2, 0) is 11.8 Å². The second-order valence-electron chi connectivity index (χ2n) is 10.9. The van der Waals surface area contributed by atoms with Gasteiger partial charge in [0, 0.05) is 24.3 Å². The van der Waals surface area contributed by atoms with E-state index in [1.54, 1.807) is 10.9 Å². The normalized spacial score (nSPS) is 13.4. The first-order valence-electron chi connectivity index (χ1n) is 12.9. The van der Waals surface area contributed by atoms with Gasteiger partial charge in [-0.2, -0.15) is 5.10 Å². The van der Waals surface area contributed by atoms with Crippen molar-refractivity contribution < 1.29 is 14.3 Å². The molecule has 0 radical (unpaired) electrons. The Bertz CT molecular complexity index is 1470. The van der Waals surface area contributed by atoms with E-state index in [-0.39, 0.29) is 18.1 Å². The van der Waals surface area contributed by atoms with E-state index < -0.39 is 0 Å². The summed E-state index contributed by atoms with van der Waals surface area (Å²) in [5, 5.41) is 11.4. The number of carbonyl (C=O) groups is 1. The van der Waals surface area contributed by atoms with Gasteiger partial charge in [0.15, 0.2) is 12.4 Å². The highest BCUT2D eigenvalue weighted by Crippen LogP contribution is 2.38. The van der Waals surface area contributed by atoms with Gasteiger partial charge >= 0.3 is 0 Å². The van der Waals surface area contributed by atoms with Crippen molar-refractivity contribution in [3.05, 3.63) is 54.4 Å². The molecule has 0 saturated heterocycles. The van der Waals surface area contributed by atoms with Crippen molar-refractivity contribution in [2.45, 2.75) is 46.1 Å². The second-order valence-corrected chi connectivity index (χ2v) is 10.9. The third-order valence-electron chi connectivity index (χ3n) is 6.12. The van der Waals surface area contributed by atoms with E-state index in [0.29, 0.717) is 29.9 Å². The number of aryl methyl sites for hydroxylation is 2. The van der Waals surface area contributed by atoms with Crippen LogP contribution in [0.3, 0.4) is 0 Å². The highest BCUT2D eigenvalue weighted by Gasteiger charge is 2.24. The highest BCUT2D eigenvalue weighted by atomic mass is 16.5. The van der Waals surface area contributed by atoms with Crippen LogP contribution in [0.4, 0.5) is 11.5 Å². The number of hydrogen-bond donors (Lipinski definition) is 2. The molecule has 4 aromatic rings. The molecule has 1 saturated carbocycles. The molecular formula is C29H34N6O3. The van der Waals surface area contributed by atoms with Crippen LogP contribution in [0.2, 0.25) is 0 Å². The van der Waals surface area contributed by atoms with Crippen molar-refractivity contribution in [1.29, 1.82) is 0 Å². The van der Waals surface area contributed by atoms with Gasteiger partial charge in [-0.25, -0.2) is 9.97 Å². The molecule has 1 aliphatic rings. The zero-order valence-electron chi connectivity index (χ0n) is 22.5. The molecule has 0 spiro atoms. The van der Waals surface area contributed by atoms with E-state index in [4.69, 9.17) is 19.4 Å². The van der Waals surface area contributed by atoms with Gasteiger partial charge in [0.05, 0.1) is 29.4 Å². The summed E-state index contributed by atoms with van der Waals surface area (Å²) >= 11 is 0. The summed E-state index contributed by atoms with van der Waals surface area (Å²) in [6.45, 7) is 8.46. The quantitative estimate of drug-likeness (QED) is 0.318. The van der Waals surface area contributed by atoms with Crippen LogP contribution >= 0.6 is 0 Å². The number of aromatic nitrogens is 4. The Labute approximate surface area is 222 Å². The number of rotatable bonds is 9.